The lowest BCUT2D eigenvalue weighted by Gasteiger charge is -2.36. The number of halogens is 3. The molecule has 2 saturated heterocycles. The molecule has 4 heterocycles. The van der Waals surface area contributed by atoms with Gasteiger partial charge in [0, 0.05) is 23.9 Å². The zero-order chi connectivity index (χ0) is 29.2. The maximum absolute atomic E-state index is 15.4. The largest absolute Gasteiger partial charge is 0.416 e. The van der Waals surface area contributed by atoms with Crippen LogP contribution in [0.1, 0.15) is 56.8 Å². The van der Waals surface area contributed by atoms with E-state index < -0.39 is 50.2 Å². The van der Waals surface area contributed by atoms with Gasteiger partial charge in [-0.25, -0.2) is 14.4 Å². The van der Waals surface area contributed by atoms with Crippen LogP contribution in [0.2, 0.25) is 28.3 Å². The van der Waals surface area contributed by atoms with Gasteiger partial charge in [-0.05, 0) is 56.6 Å². The fourth-order valence-corrected chi connectivity index (χ4v) is 6.42. The molecule has 0 spiro atoms. The van der Waals surface area contributed by atoms with E-state index in [0.717, 1.165) is 0 Å². The van der Waals surface area contributed by atoms with Gasteiger partial charge in [0.15, 0.2) is 32.2 Å². The van der Waals surface area contributed by atoms with Crippen molar-refractivity contribution in [3.8, 4) is 0 Å². The van der Waals surface area contributed by atoms with Crippen LogP contribution in [-0.2, 0) is 25.1 Å². The molecule has 2 aromatic heterocycles. The molecule has 2 aliphatic heterocycles. The predicted octanol–water partition coefficient (Wildman–Crippen LogP) is 6.74. The van der Waals surface area contributed by atoms with E-state index in [9.17, 15) is 4.79 Å². The quantitative estimate of drug-likeness (QED) is 0.166. The summed E-state index contributed by atoms with van der Waals surface area (Å²) in [4.78, 5) is 22.5. The van der Waals surface area contributed by atoms with Crippen molar-refractivity contribution in [1.29, 1.82) is 0 Å². The SMILES string of the molecule is CC1(C)O[C@@H]2[C@@H](C(=O)c3ccc(Cl)c(F)c3CCO[Si](C)(C)C(C)(C)C)OC(n3ccc4c(Cl)ncnc43)[C@@H]2O1. The Hall–Kier alpha value is -1.92. The summed E-state index contributed by atoms with van der Waals surface area (Å²) in [5.74, 6) is -2.01. The summed E-state index contributed by atoms with van der Waals surface area (Å²) >= 11 is 12.4. The van der Waals surface area contributed by atoms with Crippen LogP contribution in [0.4, 0.5) is 4.39 Å². The van der Waals surface area contributed by atoms with Gasteiger partial charge in [-0.2, -0.15) is 0 Å². The first-order valence-corrected chi connectivity index (χ1v) is 16.9. The smallest absolute Gasteiger partial charge is 0.194 e. The first-order valence-electron chi connectivity index (χ1n) is 13.2. The number of ether oxygens (including phenoxy) is 3. The number of hydrogen-bond donors (Lipinski definition) is 0. The summed E-state index contributed by atoms with van der Waals surface area (Å²) in [6, 6.07) is 4.71. The lowest BCUT2D eigenvalue weighted by atomic mass is 9.95. The van der Waals surface area contributed by atoms with Gasteiger partial charge in [-0.1, -0.05) is 44.0 Å². The monoisotopic (exact) mass is 609 g/mol. The maximum atomic E-state index is 15.4. The van der Waals surface area contributed by atoms with Crippen LogP contribution in [0.3, 0.4) is 0 Å². The van der Waals surface area contributed by atoms with Crippen LogP contribution in [0.25, 0.3) is 11.0 Å². The normalized spacial score (nSPS) is 24.6. The van der Waals surface area contributed by atoms with Crippen LogP contribution in [-0.4, -0.2) is 59.3 Å². The Morgan fingerprint density at radius 2 is 1.85 bits per heavy atom. The van der Waals surface area contributed by atoms with Crippen molar-refractivity contribution >= 4 is 48.3 Å². The molecule has 3 aromatic rings. The first kappa shape index (κ1) is 29.6. The minimum absolute atomic E-state index is 0.00929. The van der Waals surface area contributed by atoms with E-state index in [1.807, 2.05) is 0 Å². The van der Waals surface area contributed by atoms with Crippen molar-refractivity contribution in [2.45, 2.75) is 89.5 Å². The minimum Gasteiger partial charge on any atom is -0.416 e. The molecule has 5 rings (SSSR count). The molecule has 0 bridgehead atoms. The molecule has 4 atom stereocenters. The summed E-state index contributed by atoms with van der Waals surface area (Å²) in [5.41, 5.74) is 0.913. The summed E-state index contributed by atoms with van der Waals surface area (Å²) < 4.78 is 42.2. The predicted molar refractivity (Wildman–Crippen MR) is 153 cm³/mol. The average molecular weight is 611 g/mol. The Kier molecular flexibility index (Phi) is 7.70. The average Bonchev–Trinajstić information content (AvgIpc) is 3.52. The standard InChI is InChI=1S/C28H34Cl2FN3O5Si/c1-27(2,3)40(6,7)36-13-11-15-16(8-9-18(29)19(15)31)20(35)21-22-23(39-28(4,5)38-22)26(37-21)34-12-10-17-24(30)32-14-33-25(17)34/h8-10,12,14,21-23,26H,11,13H2,1-7H3/t21-,22-,23-,26?/m1/s1. The number of benzene rings is 1. The second-order valence-corrected chi connectivity index (χ2v) is 17.8. The van der Waals surface area contributed by atoms with Crippen LogP contribution in [0, 0.1) is 5.82 Å². The summed E-state index contributed by atoms with van der Waals surface area (Å²) in [7, 11) is -2.08. The van der Waals surface area contributed by atoms with Crippen LogP contribution < -0.4 is 0 Å². The Morgan fingerprint density at radius 1 is 1.15 bits per heavy atom. The Morgan fingerprint density at radius 3 is 2.55 bits per heavy atom. The van der Waals surface area contributed by atoms with E-state index in [1.54, 1.807) is 36.7 Å². The molecule has 216 valence electrons. The fourth-order valence-electron chi connectivity index (χ4n) is 5.00. The zero-order valence-electron chi connectivity index (χ0n) is 23.6. The molecular formula is C28H34Cl2FN3O5Si. The highest BCUT2D eigenvalue weighted by atomic mass is 35.5. The van der Waals surface area contributed by atoms with Gasteiger partial charge in [0.25, 0.3) is 0 Å². The van der Waals surface area contributed by atoms with Crippen molar-refractivity contribution in [3.63, 3.8) is 0 Å². The number of nitrogens with zero attached hydrogens (tertiary/aromatic N) is 3. The number of aromatic nitrogens is 3. The Labute approximate surface area is 244 Å². The molecule has 2 aliphatic rings. The molecule has 40 heavy (non-hydrogen) atoms. The number of Topliss-reactive ketones (excluding diaryl/α,β-unsaturated/α-hetero) is 1. The lowest BCUT2D eigenvalue weighted by Crippen LogP contribution is -2.41. The molecular weight excluding hydrogens is 576 g/mol. The molecule has 0 aliphatic carbocycles. The third-order valence-corrected chi connectivity index (χ3v) is 13.2. The van der Waals surface area contributed by atoms with Crippen LogP contribution in [0.5, 0.6) is 0 Å². The molecule has 2 fully saturated rings. The molecule has 0 amide bonds. The van der Waals surface area contributed by atoms with E-state index in [2.05, 4.69) is 43.8 Å². The van der Waals surface area contributed by atoms with Gasteiger partial charge < -0.3 is 23.2 Å². The van der Waals surface area contributed by atoms with E-state index in [-0.39, 0.29) is 34.2 Å². The third kappa shape index (κ3) is 5.24. The zero-order valence-corrected chi connectivity index (χ0v) is 26.1. The molecule has 8 nitrogen and oxygen atoms in total. The minimum atomic E-state index is -2.08. The van der Waals surface area contributed by atoms with Crippen molar-refractivity contribution < 1.29 is 27.8 Å². The highest BCUT2D eigenvalue weighted by Gasteiger charge is 2.58. The summed E-state index contributed by atoms with van der Waals surface area (Å²) in [6.07, 6.45) is 0.137. The Bertz CT molecular complexity index is 1460. The number of rotatable bonds is 7. The second kappa shape index (κ2) is 10.4. The second-order valence-electron chi connectivity index (χ2n) is 12.2. The van der Waals surface area contributed by atoms with Gasteiger partial charge in [0.05, 0.1) is 10.4 Å². The number of carbonyl (C=O) groups excluding carboxylic acids is 1. The number of hydrogen-bond acceptors (Lipinski definition) is 7. The molecule has 12 heteroatoms. The highest BCUT2D eigenvalue weighted by molar-refractivity contribution is 6.74. The van der Waals surface area contributed by atoms with Crippen molar-refractivity contribution in [2.75, 3.05) is 6.61 Å². The van der Waals surface area contributed by atoms with Crippen LogP contribution >= 0.6 is 23.2 Å². The fraction of sp³-hybridized carbons (Fsp3) is 0.536. The third-order valence-electron chi connectivity index (χ3n) is 8.10. The summed E-state index contributed by atoms with van der Waals surface area (Å²) in [5, 5.41) is 0.876. The number of carbonyl (C=O) groups is 1. The van der Waals surface area contributed by atoms with Crippen molar-refractivity contribution in [3.05, 3.63) is 57.8 Å². The van der Waals surface area contributed by atoms with E-state index in [1.165, 1.54) is 12.4 Å². The van der Waals surface area contributed by atoms with Crippen LogP contribution in [0.15, 0.2) is 30.7 Å². The topological polar surface area (TPSA) is 84.7 Å². The number of fused-ring (bicyclic) bond motifs is 2. The Balaban J connectivity index is 1.47. The molecule has 0 N–H and O–H groups in total. The van der Waals surface area contributed by atoms with E-state index >= 15 is 4.39 Å². The molecule has 0 radical (unpaired) electrons. The van der Waals surface area contributed by atoms with Crippen molar-refractivity contribution in [1.82, 2.24) is 14.5 Å². The van der Waals surface area contributed by atoms with Gasteiger partial charge in [-0.15, -0.1) is 0 Å². The maximum Gasteiger partial charge on any atom is 0.194 e. The summed E-state index contributed by atoms with van der Waals surface area (Å²) in [6.45, 7) is 14.5. The van der Waals surface area contributed by atoms with Crippen molar-refractivity contribution in [2.24, 2.45) is 0 Å². The van der Waals surface area contributed by atoms with Gasteiger partial charge in [0.2, 0.25) is 0 Å². The van der Waals surface area contributed by atoms with Gasteiger partial charge >= 0.3 is 0 Å². The first-order chi connectivity index (χ1) is 18.6. The molecule has 1 aromatic carbocycles. The van der Waals surface area contributed by atoms with Gasteiger partial charge in [0.1, 0.15) is 35.2 Å². The molecule has 0 saturated carbocycles. The molecule has 1 unspecified atom stereocenters. The van der Waals surface area contributed by atoms with E-state index in [0.29, 0.717) is 16.2 Å². The number of ketones is 1. The highest BCUT2D eigenvalue weighted by Crippen LogP contribution is 2.45. The van der Waals surface area contributed by atoms with Gasteiger partial charge in [-0.3, -0.25) is 4.79 Å². The van der Waals surface area contributed by atoms with E-state index in [4.69, 9.17) is 41.8 Å². The lowest BCUT2D eigenvalue weighted by molar-refractivity contribution is -0.190.